The van der Waals surface area contributed by atoms with Crippen molar-refractivity contribution in [2.45, 2.75) is 44.6 Å². The van der Waals surface area contributed by atoms with E-state index in [4.69, 9.17) is 4.52 Å². The fourth-order valence-electron chi connectivity index (χ4n) is 3.15. The van der Waals surface area contributed by atoms with Crippen LogP contribution in [-0.2, 0) is 4.79 Å². The largest absolute Gasteiger partial charge is 0.339 e. The molecule has 1 atom stereocenters. The van der Waals surface area contributed by atoms with E-state index in [-0.39, 0.29) is 11.8 Å². The Morgan fingerprint density at radius 3 is 2.82 bits per heavy atom. The maximum atomic E-state index is 12.0. The molecule has 1 saturated heterocycles. The van der Waals surface area contributed by atoms with Crippen molar-refractivity contribution in [3.63, 3.8) is 0 Å². The van der Waals surface area contributed by atoms with Gasteiger partial charge < -0.3 is 9.42 Å². The van der Waals surface area contributed by atoms with Crippen LogP contribution in [0.1, 0.15) is 43.1 Å². The zero-order valence-corrected chi connectivity index (χ0v) is 12.7. The van der Waals surface area contributed by atoms with Crippen LogP contribution < -0.4 is 0 Å². The SMILES string of the molecule is Cc1ccccc1-c1noc(C2CCC(=O)N(C3CC3)C2)n1. The molecule has 4 rings (SSSR count). The van der Waals surface area contributed by atoms with Crippen molar-refractivity contribution in [2.24, 2.45) is 0 Å². The number of hydrogen-bond donors (Lipinski definition) is 0. The molecule has 2 heterocycles. The molecule has 1 saturated carbocycles. The van der Waals surface area contributed by atoms with Crippen LogP contribution in [0.5, 0.6) is 0 Å². The Labute approximate surface area is 129 Å². The molecule has 1 amide bonds. The molecule has 1 aromatic carbocycles. The average Bonchev–Trinajstić information content (AvgIpc) is 3.25. The van der Waals surface area contributed by atoms with E-state index in [2.05, 4.69) is 10.1 Å². The van der Waals surface area contributed by atoms with Crippen molar-refractivity contribution in [1.82, 2.24) is 15.0 Å². The molecule has 1 aliphatic heterocycles. The molecule has 5 nitrogen and oxygen atoms in total. The van der Waals surface area contributed by atoms with Crippen LogP contribution in [0, 0.1) is 6.92 Å². The van der Waals surface area contributed by atoms with Crippen molar-refractivity contribution in [3.8, 4) is 11.4 Å². The van der Waals surface area contributed by atoms with Crippen LogP contribution in [0.3, 0.4) is 0 Å². The summed E-state index contributed by atoms with van der Waals surface area (Å²) >= 11 is 0. The smallest absolute Gasteiger partial charge is 0.231 e. The summed E-state index contributed by atoms with van der Waals surface area (Å²) in [6, 6.07) is 8.48. The van der Waals surface area contributed by atoms with E-state index in [0.29, 0.717) is 24.2 Å². The summed E-state index contributed by atoms with van der Waals surface area (Å²) in [5.41, 5.74) is 2.14. The lowest BCUT2D eigenvalue weighted by atomic mass is 9.97. The van der Waals surface area contributed by atoms with Gasteiger partial charge in [-0.2, -0.15) is 4.98 Å². The Hall–Kier alpha value is -2.17. The summed E-state index contributed by atoms with van der Waals surface area (Å²) < 4.78 is 5.50. The topological polar surface area (TPSA) is 59.2 Å². The van der Waals surface area contributed by atoms with E-state index in [0.717, 1.165) is 36.9 Å². The lowest BCUT2D eigenvalue weighted by Crippen LogP contribution is -2.40. The number of carbonyl (C=O) groups is 1. The van der Waals surface area contributed by atoms with Gasteiger partial charge in [-0.3, -0.25) is 4.79 Å². The monoisotopic (exact) mass is 297 g/mol. The van der Waals surface area contributed by atoms with Gasteiger partial charge in [-0.25, -0.2) is 0 Å². The normalized spacial score (nSPS) is 22.1. The molecular formula is C17H19N3O2. The third kappa shape index (κ3) is 2.40. The first-order valence-corrected chi connectivity index (χ1v) is 7.91. The quantitative estimate of drug-likeness (QED) is 0.874. The van der Waals surface area contributed by atoms with E-state index < -0.39 is 0 Å². The van der Waals surface area contributed by atoms with Gasteiger partial charge in [0.1, 0.15) is 0 Å². The molecule has 0 spiro atoms. The van der Waals surface area contributed by atoms with Gasteiger partial charge in [0.25, 0.3) is 0 Å². The summed E-state index contributed by atoms with van der Waals surface area (Å²) in [4.78, 5) is 18.6. The third-order valence-corrected chi connectivity index (χ3v) is 4.61. The highest BCUT2D eigenvalue weighted by atomic mass is 16.5. The minimum atomic E-state index is 0.170. The number of likely N-dealkylation sites (tertiary alicyclic amines) is 1. The van der Waals surface area contributed by atoms with Crippen LogP contribution in [0.15, 0.2) is 28.8 Å². The second-order valence-electron chi connectivity index (χ2n) is 6.28. The molecule has 0 bridgehead atoms. The predicted molar refractivity (Wildman–Crippen MR) is 81.2 cm³/mol. The first-order valence-electron chi connectivity index (χ1n) is 7.91. The summed E-state index contributed by atoms with van der Waals surface area (Å²) in [5.74, 6) is 1.75. The van der Waals surface area contributed by atoms with E-state index in [1.165, 1.54) is 0 Å². The van der Waals surface area contributed by atoms with Gasteiger partial charge in [0.2, 0.25) is 17.6 Å². The zero-order valence-electron chi connectivity index (χ0n) is 12.7. The molecule has 114 valence electrons. The molecule has 0 N–H and O–H groups in total. The summed E-state index contributed by atoms with van der Waals surface area (Å²) in [7, 11) is 0. The molecule has 0 radical (unpaired) electrons. The lowest BCUT2D eigenvalue weighted by molar-refractivity contribution is -0.134. The Morgan fingerprint density at radius 1 is 1.23 bits per heavy atom. The number of carbonyl (C=O) groups excluding carboxylic acids is 1. The first-order chi connectivity index (χ1) is 10.7. The Morgan fingerprint density at radius 2 is 2.05 bits per heavy atom. The number of aryl methyl sites for hydroxylation is 1. The molecule has 2 fully saturated rings. The molecule has 1 aromatic heterocycles. The fourth-order valence-corrected chi connectivity index (χ4v) is 3.15. The van der Waals surface area contributed by atoms with Crippen LogP contribution in [-0.4, -0.2) is 33.5 Å². The summed E-state index contributed by atoms with van der Waals surface area (Å²) in [6.07, 6.45) is 3.66. The number of aromatic nitrogens is 2. The van der Waals surface area contributed by atoms with Crippen LogP contribution >= 0.6 is 0 Å². The third-order valence-electron chi connectivity index (χ3n) is 4.61. The minimum Gasteiger partial charge on any atom is -0.339 e. The van der Waals surface area contributed by atoms with Gasteiger partial charge in [-0.1, -0.05) is 29.4 Å². The maximum absolute atomic E-state index is 12.0. The number of piperidine rings is 1. The zero-order chi connectivity index (χ0) is 15.1. The summed E-state index contributed by atoms with van der Waals surface area (Å²) in [5, 5.41) is 4.14. The van der Waals surface area contributed by atoms with Gasteiger partial charge in [-0.05, 0) is 31.7 Å². The minimum absolute atomic E-state index is 0.170. The number of amides is 1. The van der Waals surface area contributed by atoms with Gasteiger partial charge in [0.05, 0.1) is 5.92 Å². The molecule has 22 heavy (non-hydrogen) atoms. The van der Waals surface area contributed by atoms with E-state index >= 15 is 0 Å². The fraction of sp³-hybridized carbons (Fsp3) is 0.471. The predicted octanol–water partition coefficient (Wildman–Crippen LogP) is 2.91. The van der Waals surface area contributed by atoms with Gasteiger partial charge >= 0.3 is 0 Å². The Kier molecular flexibility index (Phi) is 3.21. The second kappa shape index (κ2) is 5.23. The molecular weight excluding hydrogens is 278 g/mol. The van der Waals surface area contributed by atoms with Crippen molar-refractivity contribution in [3.05, 3.63) is 35.7 Å². The number of hydrogen-bond acceptors (Lipinski definition) is 4. The van der Waals surface area contributed by atoms with Gasteiger partial charge in [0, 0.05) is 24.6 Å². The van der Waals surface area contributed by atoms with Gasteiger partial charge in [0.15, 0.2) is 0 Å². The lowest BCUT2D eigenvalue weighted by Gasteiger charge is -2.30. The highest BCUT2D eigenvalue weighted by Gasteiger charge is 2.38. The van der Waals surface area contributed by atoms with E-state index in [1.54, 1.807) is 0 Å². The van der Waals surface area contributed by atoms with E-state index in [9.17, 15) is 4.79 Å². The Bertz CT molecular complexity index is 705. The average molecular weight is 297 g/mol. The highest BCUT2D eigenvalue weighted by Crippen LogP contribution is 2.35. The van der Waals surface area contributed by atoms with Crippen molar-refractivity contribution < 1.29 is 9.32 Å². The molecule has 1 unspecified atom stereocenters. The molecule has 2 aromatic rings. The number of benzene rings is 1. The van der Waals surface area contributed by atoms with Crippen LogP contribution in [0.25, 0.3) is 11.4 Å². The molecule has 5 heteroatoms. The first kappa shape index (κ1) is 13.5. The second-order valence-corrected chi connectivity index (χ2v) is 6.28. The number of rotatable bonds is 3. The highest BCUT2D eigenvalue weighted by molar-refractivity contribution is 5.78. The van der Waals surface area contributed by atoms with Crippen LogP contribution in [0.4, 0.5) is 0 Å². The van der Waals surface area contributed by atoms with Crippen molar-refractivity contribution >= 4 is 5.91 Å². The number of nitrogens with zero attached hydrogens (tertiary/aromatic N) is 3. The molecule has 1 aliphatic carbocycles. The standard InChI is InChI=1S/C17H19N3O2/c1-11-4-2-3-5-14(11)16-18-17(22-19-16)12-6-9-15(21)20(10-12)13-7-8-13/h2-5,12-13H,6-10H2,1H3. The van der Waals surface area contributed by atoms with E-state index in [1.807, 2.05) is 36.1 Å². The maximum Gasteiger partial charge on any atom is 0.231 e. The summed E-state index contributed by atoms with van der Waals surface area (Å²) in [6.45, 7) is 2.76. The van der Waals surface area contributed by atoms with Crippen molar-refractivity contribution in [2.75, 3.05) is 6.54 Å². The Balaban J connectivity index is 1.56. The van der Waals surface area contributed by atoms with Crippen molar-refractivity contribution in [1.29, 1.82) is 0 Å². The van der Waals surface area contributed by atoms with Crippen LogP contribution in [0.2, 0.25) is 0 Å². The molecule has 2 aliphatic rings. The van der Waals surface area contributed by atoms with Gasteiger partial charge in [-0.15, -0.1) is 0 Å².